The topological polar surface area (TPSA) is 79.1 Å². The smallest absolute Gasteiger partial charge is 0.313 e. The highest BCUT2D eigenvalue weighted by Gasteiger charge is 2.41. The van der Waals surface area contributed by atoms with Gasteiger partial charge in [-0.25, -0.2) is 0 Å². The number of aromatic nitrogens is 2. The van der Waals surface area contributed by atoms with Gasteiger partial charge in [0.2, 0.25) is 0 Å². The molecular weight excluding hydrogens is 232 g/mol. The SMILES string of the molecule is COC(=O)C1(C)CCN(c2ccc(C#N)nn2)C1. The molecule has 2 heterocycles. The summed E-state index contributed by atoms with van der Waals surface area (Å²) in [5.41, 5.74) is -0.210. The van der Waals surface area contributed by atoms with E-state index < -0.39 is 5.41 Å². The summed E-state index contributed by atoms with van der Waals surface area (Å²) in [5, 5.41) is 16.4. The number of rotatable bonds is 2. The summed E-state index contributed by atoms with van der Waals surface area (Å²) in [6.45, 7) is 3.17. The standard InChI is InChI=1S/C12H14N4O2/c1-12(11(17)18-2)5-6-16(8-12)10-4-3-9(7-13)14-15-10/h3-4H,5-6,8H2,1-2H3. The van der Waals surface area contributed by atoms with Gasteiger partial charge in [-0.3, -0.25) is 4.79 Å². The van der Waals surface area contributed by atoms with Crippen LogP contribution in [0.15, 0.2) is 12.1 Å². The van der Waals surface area contributed by atoms with Crippen LogP contribution in [0.25, 0.3) is 0 Å². The number of carbonyl (C=O) groups is 1. The molecule has 6 nitrogen and oxygen atoms in total. The van der Waals surface area contributed by atoms with Crippen LogP contribution in [0.3, 0.4) is 0 Å². The van der Waals surface area contributed by atoms with E-state index in [1.54, 1.807) is 12.1 Å². The number of hydrogen-bond acceptors (Lipinski definition) is 6. The highest BCUT2D eigenvalue weighted by molar-refractivity contribution is 5.78. The Hall–Kier alpha value is -2.16. The second-order valence-corrected chi connectivity index (χ2v) is 4.61. The van der Waals surface area contributed by atoms with Gasteiger partial charge in [-0.1, -0.05) is 0 Å². The van der Waals surface area contributed by atoms with Crippen molar-refractivity contribution in [2.24, 2.45) is 5.41 Å². The number of nitriles is 1. The number of carbonyl (C=O) groups excluding carboxylic acids is 1. The van der Waals surface area contributed by atoms with Crippen molar-refractivity contribution in [1.29, 1.82) is 5.26 Å². The number of anilines is 1. The normalized spacial score (nSPS) is 22.6. The van der Waals surface area contributed by atoms with Gasteiger partial charge in [0.25, 0.3) is 0 Å². The maximum Gasteiger partial charge on any atom is 0.313 e. The maximum absolute atomic E-state index is 11.7. The first-order valence-electron chi connectivity index (χ1n) is 5.66. The molecule has 0 radical (unpaired) electrons. The number of methoxy groups -OCH3 is 1. The minimum Gasteiger partial charge on any atom is -0.469 e. The van der Waals surface area contributed by atoms with E-state index in [1.807, 2.05) is 17.9 Å². The number of esters is 1. The lowest BCUT2D eigenvalue weighted by atomic mass is 9.90. The van der Waals surface area contributed by atoms with Crippen LogP contribution in [0.2, 0.25) is 0 Å². The van der Waals surface area contributed by atoms with E-state index in [2.05, 4.69) is 10.2 Å². The lowest BCUT2D eigenvalue weighted by molar-refractivity contribution is -0.150. The summed E-state index contributed by atoms with van der Waals surface area (Å²) in [6, 6.07) is 5.29. The number of ether oxygens (including phenoxy) is 1. The molecule has 1 aliphatic rings. The summed E-state index contributed by atoms with van der Waals surface area (Å²) >= 11 is 0. The molecular formula is C12H14N4O2. The van der Waals surface area contributed by atoms with Crippen LogP contribution < -0.4 is 4.90 Å². The van der Waals surface area contributed by atoms with E-state index in [0.717, 1.165) is 13.0 Å². The first-order valence-corrected chi connectivity index (χ1v) is 5.66. The minimum atomic E-state index is -0.496. The van der Waals surface area contributed by atoms with Crippen LogP contribution in [0.1, 0.15) is 19.0 Å². The fourth-order valence-electron chi connectivity index (χ4n) is 2.12. The number of nitrogens with zero attached hydrogens (tertiary/aromatic N) is 4. The van der Waals surface area contributed by atoms with Gasteiger partial charge in [-0.05, 0) is 25.5 Å². The van der Waals surface area contributed by atoms with Crippen molar-refractivity contribution in [3.8, 4) is 6.07 Å². The molecule has 0 spiro atoms. The van der Waals surface area contributed by atoms with E-state index >= 15 is 0 Å². The maximum atomic E-state index is 11.7. The summed E-state index contributed by atoms with van der Waals surface area (Å²) in [4.78, 5) is 13.7. The van der Waals surface area contributed by atoms with E-state index in [9.17, 15) is 4.79 Å². The first-order chi connectivity index (χ1) is 8.59. The highest BCUT2D eigenvalue weighted by Crippen LogP contribution is 2.33. The largest absolute Gasteiger partial charge is 0.469 e. The zero-order chi connectivity index (χ0) is 13.2. The summed E-state index contributed by atoms with van der Waals surface area (Å²) < 4.78 is 4.81. The molecule has 18 heavy (non-hydrogen) atoms. The molecule has 1 aliphatic heterocycles. The van der Waals surface area contributed by atoms with Gasteiger partial charge in [-0.2, -0.15) is 5.26 Å². The molecule has 2 rings (SSSR count). The fourth-order valence-corrected chi connectivity index (χ4v) is 2.12. The summed E-state index contributed by atoms with van der Waals surface area (Å²) in [6.07, 6.45) is 0.724. The Morgan fingerprint density at radius 1 is 1.56 bits per heavy atom. The average molecular weight is 246 g/mol. The van der Waals surface area contributed by atoms with Crippen LogP contribution in [0.5, 0.6) is 0 Å². The van der Waals surface area contributed by atoms with Crippen molar-refractivity contribution in [3.63, 3.8) is 0 Å². The average Bonchev–Trinajstić information content (AvgIpc) is 2.82. The Morgan fingerprint density at radius 2 is 2.33 bits per heavy atom. The second kappa shape index (κ2) is 4.61. The zero-order valence-electron chi connectivity index (χ0n) is 10.4. The minimum absolute atomic E-state index is 0.202. The summed E-state index contributed by atoms with van der Waals surface area (Å²) in [7, 11) is 1.40. The number of hydrogen-bond donors (Lipinski definition) is 0. The summed E-state index contributed by atoms with van der Waals surface area (Å²) in [5.74, 6) is 0.480. The van der Waals surface area contributed by atoms with E-state index in [-0.39, 0.29) is 11.7 Å². The van der Waals surface area contributed by atoms with Crippen molar-refractivity contribution >= 4 is 11.8 Å². The molecule has 94 valence electrons. The van der Waals surface area contributed by atoms with Crippen LogP contribution in [0.4, 0.5) is 5.82 Å². The monoisotopic (exact) mass is 246 g/mol. The van der Waals surface area contributed by atoms with Crippen molar-refractivity contribution < 1.29 is 9.53 Å². The third-order valence-electron chi connectivity index (χ3n) is 3.24. The van der Waals surface area contributed by atoms with Crippen LogP contribution in [-0.4, -0.2) is 36.4 Å². The van der Waals surface area contributed by atoms with Gasteiger partial charge in [0.15, 0.2) is 11.5 Å². The Bertz CT molecular complexity index is 494. The van der Waals surface area contributed by atoms with Gasteiger partial charge >= 0.3 is 5.97 Å². The van der Waals surface area contributed by atoms with Crippen LogP contribution in [0, 0.1) is 16.7 Å². The van der Waals surface area contributed by atoms with Gasteiger partial charge in [0, 0.05) is 13.1 Å². The molecule has 1 aromatic heterocycles. The molecule has 0 aromatic carbocycles. The van der Waals surface area contributed by atoms with Gasteiger partial charge in [-0.15, -0.1) is 10.2 Å². The third-order valence-corrected chi connectivity index (χ3v) is 3.24. The molecule has 0 saturated carbocycles. The third kappa shape index (κ3) is 2.12. The molecule has 1 unspecified atom stereocenters. The molecule has 0 bridgehead atoms. The van der Waals surface area contributed by atoms with Gasteiger partial charge < -0.3 is 9.64 Å². The van der Waals surface area contributed by atoms with Gasteiger partial charge in [0.1, 0.15) is 6.07 Å². The molecule has 0 aliphatic carbocycles. The quantitative estimate of drug-likeness (QED) is 0.716. The molecule has 1 atom stereocenters. The Morgan fingerprint density at radius 3 is 2.89 bits per heavy atom. The van der Waals surface area contributed by atoms with Crippen molar-refractivity contribution in [2.75, 3.05) is 25.1 Å². The van der Waals surface area contributed by atoms with E-state index in [0.29, 0.717) is 12.4 Å². The van der Waals surface area contributed by atoms with E-state index in [1.165, 1.54) is 7.11 Å². The predicted molar refractivity (Wildman–Crippen MR) is 63.7 cm³/mol. The zero-order valence-corrected chi connectivity index (χ0v) is 10.4. The Labute approximate surface area is 105 Å². The highest BCUT2D eigenvalue weighted by atomic mass is 16.5. The molecule has 1 saturated heterocycles. The molecule has 0 N–H and O–H groups in total. The van der Waals surface area contributed by atoms with Gasteiger partial charge in [0.05, 0.1) is 12.5 Å². The van der Waals surface area contributed by atoms with E-state index in [4.69, 9.17) is 10.00 Å². The second-order valence-electron chi connectivity index (χ2n) is 4.61. The first kappa shape index (κ1) is 12.3. The van der Waals surface area contributed by atoms with Crippen molar-refractivity contribution in [3.05, 3.63) is 17.8 Å². The molecule has 1 fully saturated rings. The van der Waals surface area contributed by atoms with Crippen LogP contribution >= 0.6 is 0 Å². The lowest BCUT2D eigenvalue weighted by Gasteiger charge is -2.21. The van der Waals surface area contributed by atoms with Crippen molar-refractivity contribution in [2.45, 2.75) is 13.3 Å². The molecule has 0 amide bonds. The molecule has 6 heteroatoms. The van der Waals surface area contributed by atoms with Crippen LogP contribution in [-0.2, 0) is 9.53 Å². The Balaban J connectivity index is 2.13. The molecule has 1 aromatic rings. The predicted octanol–water partition coefficient (Wildman–Crippen LogP) is 0.738. The van der Waals surface area contributed by atoms with Crippen molar-refractivity contribution in [1.82, 2.24) is 10.2 Å². The Kier molecular flexibility index (Phi) is 3.15. The fraction of sp³-hybridized carbons (Fsp3) is 0.500. The lowest BCUT2D eigenvalue weighted by Crippen LogP contribution is -2.33.